The lowest BCUT2D eigenvalue weighted by molar-refractivity contribution is -0.171. The Kier molecular flexibility index (Phi) is 3.43. The minimum absolute atomic E-state index is 0.133. The van der Waals surface area contributed by atoms with E-state index in [4.69, 9.17) is 4.74 Å². The SMILES string of the molecule is C=CCOC(=O)N1CC2(C(=O)O)CC(c3ccccc3)(C1)C2. The Morgan fingerprint density at radius 3 is 2.55 bits per heavy atom. The Morgan fingerprint density at radius 1 is 1.27 bits per heavy atom. The number of hydrogen-bond donors (Lipinski definition) is 1. The van der Waals surface area contributed by atoms with Crippen LogP contribution >= 0.6 is 0 Å². The number of nitrogens with zero attached hydrogens (tertiary/aromatic N) is 1. The van der Waals surface area contributed by atoms with Crippen LogP contribution in [-0.4, -0.2) is 41.8 Å². The third-order valence-electron chi connectivity index (χ3n) is 4.76. The lowest BCUT2D eigenvalue weighted by atomic mass is 9.47. The number of carboxylic acid groups (broad SMARTS) is 1. The molecule has 5 heteroatoms. The van der Waals surface area contributed by atoms with Crippen LogP contribution in [0, 0.1) is 5.41 Å². The number of piperidine rings is 2. The molecular formula is C17H19NO4. The molecule has 2 saturated heterocycles. The van der Waals surface area contributed by atoms with E-state index in [-0.39, 0.29) is 18.6 Å². The van der Waals surface area contributed by atoms with Gasteiger partial charge in [0.15, 0.2) is 0 Å². The van der Waals surface area contributed by atoms with Gasteiger partial charge in [-0.05, 0) is 18.4 Å². The highest BCUT2D eigenvalue weighted by atomic mass is 16.6. The summed E-state index contributed by atoms with van der Waals surface area (Å²) in [5.41, 5.74) is -0.0278. The Labute approximate surface area is 129 Å². The number of carbonyl (C=O) groups is 2. The van der Waals surface area contributed by atoms with E-state index in [9.17, 15) is 14.7 Å². The van der Waals surface area contributed by atoms with E-state index in [0.717, 1.165) is 5.56 Å². The maximum absolute atomic E-state index is 12.1. The average molecular weight is 301 g/mol. The molecule has 2 aliphatic heterocycles. The molecule has 1 aromatic carbocycles. The first kappa shape index (κ1) is 14.6. The van der Waals surface area contributed by atoms with Crippen LogP contribution in [0.1, 0.15) is 18.4 Å². The number of ether oxygens (including phenoxy) is 1. The van der Waals surface area contributed by atoms with Gasteiger partial charge < -0.3 is 14.7 Å². The van der Waals surface area contributed by atoms with Crippen LogP contribution in [0.4, 0.5) is 4.79 Å². The van der Waals surface area contributed by atoms with Gasteiger partial charge in [-0.15, -0.1) is 0 Å². The van der Waals surface area contributed by atoms with E-state index in [0.29, 0.717) is 19.4 Å². The maximum Gasteiger partial charge on any atom is 0.410 e. The van der Waals surface area contributed by atoms with Gasteiger partial charge in [0.1, 0.15) is 6.61 Å². The van der Waals surface area contributed by atoms with Gasteiger partial charge in [0.25, 0.3) is 0 Å². The first-order chi connectivity index (χ1) is 10.5. The zero-order valence-corrected chi connectivity index (χ0v) is 12.3. The molecule has 4 rings (SSSR count). The molecule has 0 radical (unpaired) electrons. The first-order valence-corrected chi connectivity index (χ1v) is 7.33. The third-order valence-corrected chi connectivity index (χ3v) is 4.76. The normalized spacial score (nSPS) is 29.4. The molecule has 1 aromatic rings. The second-order valence-electron chi connectivity index (χ2n) is 6.31. The van der Waals surface area contributed by atoms with Crippen molar-refractivity contribution in [3.05, 3.63) is 48.6 Å². The standard InChI is InChI=1S/C17H19NO4/c1-2-8-22-15(21)18-11-16(13-6-4-3-5-7-13)9-17(10-16,12-18)14(19)20/h2-7H,1,8-12H2,(H,19,20). The summed E-state index contributed by atoms with van der Waals surface area (Å²) in [5.74, 6) is -0.833. The summed E-state index contributed by atoms with van der Waals surface area (Å²) in [7, 11) is 0. The monoisotopic (exact) mass is 301 g/mol. The number of aliphatic carboxylic acids is 1. The van der Waals surface area contributed by atoms with E-state index >= 15 is 0 Å². The van der Waals surface area contributed by atoms with E-state index < -0.39 is 17.5 Å². The van der Waals surface area contributed by atoms with Gasteiger partial charge in [0.2, 0.25) is 0 Å². The van der Waals surface area contributed by atoms with Gasteiger partial charge in [0.05, 0.1) is 5.41 Å². The van der Waals surface area contributed by atoms with Crippen LogP contribution in [0.3, 0.4) is 0 Å². The van der Waals surface area contributed by atoms with Crippen molar-refractivity contribution in [1.82, 2.24) is 4.90 Å². The van der Waals surface area contributed by atoms with Crippen molar-refractivity contribution >= 4 is 12.1 Å². The molecular weight excluding hydrogens is 282 g/mol. The third kappa shape index (κ3) is 2.17. The van der Waals surface area contributed by atoms with Crippen molar-refractivity contribution in [2.24, 2.45) is 5.41 Å². The van der Waals surface area contributed by atoms with Gasteiger partial charge in [0, 0.05) is 18.5 Å². The molecule has 3 aliphatic rings. The largest absolute Gasteiger partial charge is 0.481 e. The Bertz CT molecular complexity index is 604. The topological polar surface area (TPSA) is 66.8 Å². The summed E-state index contributed by atoms with van der Waals surface area (Å²) in [6.07, 6.45) is 2.18. The van der Waals surface area contributed by atoms with Gasteiger partial charge in [-0.25, -0.2) is 4.79 Å². The zero-order chi connectivity index (χ0) is 15.8. The molecule has 2 bridgehead atoms. The molecule has 0 atom stereocenters. The molecule has 3 fully saturated rings. The molecule has 1 N–H and O–H groups in total. The van der Waals surface area contributed by atoms with Crippen molar-refractivity contribution in [3.63, 3.8) is 0 Å². The summed E-state index contributed by atoms with van der Waals surface area (Å²) < 4.78 is 5.08. The van der Waals surface area contributed by atoms with Crippen molar-refractivity contribution in [1.29, 1.82) is 0 Å². The fourth-order valence-electron chi connectivity index (χ4n) is 3.91. The Balaban J connectivity index is 1.86. The maximum atomic E-state index is 12.1. The van der Waals surface area contributed by atoms with E-state index in [1.54, 1.807) is 0 Å². The fourth-order valence-corrected chi connectivity index (χ4v) is 3.91. The minimum Gasteiger partial charge on any atom is -0.481 e. The number of rotatable bonds is 4. The van der Waals surface area contributed by atoms with Gasteiger partial charge >= 0.3 is 12.1 Å². The van der Waals surface area contributed by atoms with Gasteiger partial charge in [-0.3, -0.25) is 4.79 Å². The lowest BCUT2D eigenvalue weighted by Crippen LogP contribution is -2.68. The van der Waals surface area contributed by atoms with Crippen molar-refractivity contribution in [3.8, 4) is 0 Å². The summed E-state index contributed by atoms with van der Waals surface area (Å²) >= 11 is 0. The second kappa shape index (κ2) is 5.16. The number of hydrogen-bond acceptors (Lipinski definition) is 3. The summed E-state index contributed by atoms with van der Waals surface area (Å²) in [4.78, 5) is 25.3. The first-order valence-electron chi connectivity index (χ1n) is 7.33. The van der Waals surface area contributed by atoms with Crippen molar-refractivity contribution in [2.45, 2.75) is 18.3 Å². The molecule has 0 unspecified atom stereocenters. The molecule has 1 saturated carbocycles. The average Bonchev–Trinajstić information content (AvgIpc) is 2.52. The minimum atomic E-state index is -0.846. The van der Waals surface area contributed by atoms with Crippen LogP contribution in [0.25, 0.3) is 0 Å². The lowest BCUT2D eigenvalue weighted by Gasteiger charge is -2.61. The van der Waals surface area contributed by atoms with Crippen LogP contribution < -0.4 is 0 Å². The molecule has 0 aromatic heterocycles. The molecule has 0 spiro atoms. The van der Waals surface area contributed by atoms with Crippen LogP contribution in [-0.2, 0) is 14.9 Å². The number of carboxylic acids is 1. The highest BCUT2D eigenvalue weighted by Gasteiger charge is 2.65. The van der Waals surface area contributed by atoms with E-state index in [1.165, 1.54) is 11.0 Å². The predicted octanol–water partition coefficient (Wildman–Crippen LogP) is 2.43. The predicted molar refractivity (Wildman–Crippen MR) is 80.5 cm³/mol. The molecule has 5 nitrogen and oxygen atoms in total. The quantitative estimate of drug-likeness (QED) is 0.867. The Hall–Kier alpha value is -2.30. The summed E-state index contributed by atoms with van der Waals surface area (Å²) in [5, 5.41) is 9.58. The van der Waals surface area contributed by atoms with Gasteiger partial charge in [-0.2, -0.15) is 0 Å². The molecule has 1 amide bonds. The number of fused-ring (bicyclic) bond motifs is 2. The van der Waals surface area contributed by atoms with Crippen LogP contribution in [0.2, 0.25) is 0 Å². The van der Waals surface area contributed by atoms with Crippen molar-refractivity contribution in [2.75, 3.05) is 19.7 Å². The van der Waals surface area contributed by atoms with Crippen LogP contribution in [0.5, 0.6) is 0 Å². The van der Waals surface area contributed by atoms with E-state index in [2.05, 4.69) is 6.58 Å². The fraction of sp³-hybridized carbons (Fsp3) is 0.412. The summed E-state index contributed by atoms with van der Waals surface area (Å²) in [6, 6.07) is 9.83. The molecule has 116 valence electrons. The highest BCUT2D eigenvalue weighted by Crippen LogP contribution is 2.59. The summed E-state index contributed by atoms with van der Waals surface area (Å²) in [6.45, 7) is 4.36. The van der Waals surface area contributed by atoms with Crippen molar-refractivity contribution < 1.29 is 19.4 Å². The molecule has 2 heterocycles. The highest BCUT2D eigenvalue weighted by molar-refractivity contribution is 5.80. The zero-order valence-electron chi connectivity index (χ0n) is 12.3. The number of amides is 1. The Morgan fingerprint density at radius 2 is 1.95 bits per heavy atom. The van der Waals surface area contributed by atoms with Crippen LogP contribution in [0.15, 0.2) is 43.0 Å². The molecule has 1 aliphatic carbocycles. The molecule has 22 heavy (non-hydrogen) atoms. The number of benzene rings is 1. The van der Waals surface area contributed by atoms with E-state index in [1.807, 2.05) is 30.3 Å². The smallest absolute Gasteiger partial charge is 0.410 e. The number of carbonyl (C=O) groups excluding carboxylic acids is 1. The van der Waals surface area contributed by atoms with Gasteiger partial charge in [-0.1, -0.05) is 43.0 Å². The second-order valence-corrected chi connectivity index (χ2v) is 6.31.